The number of rotatable bonds is 4. The molecule has 4 aromatic rings. The average molecular weight is 402 g/mol. The van der Waals surface area contributed by atoms with Crippen molar-refractivity contribution in [3.05, 3.63) is 95.7 Å². The maximum atomic E-state index is 13.3. The highest BCUT2D eigenvalue weighted by Crippen LogP contribution is 2.30. The topological polar surface area (TPSA) is 36.4 Å². The molecule has 152 valence electrons. The van der Waals surface area contributed by atoms with E-state index < -0.39 is 0 Å². The number of piperazine rings is 1. The van der Waals surface area contributed by atoms with Crippen LogP contribution in [0.5, 0.6) is 0 Å². The van der Waals surface area contributed by atoms with Gasteiger partial charge in [-0.25, -0.2) is 4.39 Å². The molecule has 4 nitrogen and oxygen atoms in total. The Labute approximate surface area is 176 Å². The van der Waals surface area contributed by atoms with Crippen molar-refractivity contribution in [1.82, 2.24) is 9.97 Å². The lowest BCUT2D eigenvalue weighted by Gasteiger charge is -2.38. The van der Waals surface area contributed by atoms with E-state index in [1.54, 1.807) is 17.0 Å². The van der Waals surface area contributed by atoms with Gasteiger partial charge >= 0.3 is 0 Å². The Kier molecular flexibility index (Phi) is 4.97. The molecule has 0 radical (unpaired) electrons. The molecule has 1 aliphatic heterocycles. The van der Waals surface area contributed by atoms with Gasteiger partial charge in [-0.15, -0.1) is 0 Å². The van der Waals surface area contributed by atoms with Gasteiger partial charge in [-0.3, -0.25) is 4.98 Å². The first-order chi connectivity index (χ1) is 14.7. The van der Waals surface area contributed by atoms with Crippen LogP contribution in [-0.2, 0) is 0 Å². The Balaban J connectivity index is 1.48. The molecular weight excluding hydrogens is 375 g/mol. The zero-order chi connectivity index (χ0) is 20.5. The summed E-state index contributed by atoms with van der Waals surface area (Å²) < 4.78 is 13.3. The Bertz CT molecular complexity index is 1130. The van der Waals surface area contributed by atoms with Crippen LogP contribution < -0.4 is 9.80 Å². The maximum absolute atomic E-state index is 13.3. The van der Waals surface area contributed by atoms with Crippen molar-refractivity contribution in [3.63, 3.8) is 0 Å². The summed E-state index contributed by atoms with van der Waals surface area (Å²) in [5.74, 6) is -0.185. The smallest absolute Gasteiger partial charge is 0.141 e. The Morgan fingerprint density at radius 3 is 2.40 bits per heavy atom. The number of aromatic nitrogens is 2. The van der Waals surface area contributed by atoms with E-state index in [-0.39, 0.29) is 11.9 Å². The Hall–Kier alpha value is -3.18. The predicted octanol–water partition coefficient (Wildman–Crippen LogP) is 3.50. The van der Waals surface area contributed by atoms with Crippen LogP contribution in [-0.4, -0.2) is 36.1 Å². The van der Waals surface area contributed by atoms with Gasteiger partial charge in [0.15, 0.2) is 0 Å². The second-order valence-corrected chi connectivity index (χ2v) is 8.04. The van der Waals surface area contributed by atoms with Crippen molar-refractivity contribution >= 4 is 16.6 Å². The molecule has 0 saturated carbocycles. The number of hydrogen-bond donors (Lipinski definition) is 2. The van der Waals surface area contributed by atoms with Crippen molar-refractivity contribution in [2.45, 2.75) is 13.0 Å². The lowest BCUT2D eigenvalue weighted by molar-refractivity contribution is -0.926. The number of aryl methyl sites for hydroxylation is 1. The fraction of sp³-hybridized carbons (Fsp3) is 0.240. The van der Waals surface area contributed by atoms with E-state index in [1.807, 2.05) is 24.5 Å². The molecule has 3 heterocycles. The van der Waals surface area contributed by atoms with Gasteiger partial charge < -0.3 is 14.8 Å². The number of pyridine rings is 1. The Morgan fingerprint density at radius 2 is 1.67 bits per heavy atom. The molecule has 0 aliphatic carbocycles. The Morgan fingerprint density at radius 1 is 0.967 bits per heavy atom. The van der Waals surface area contributed by atoms with Crippen LogP contribution in [0.3, 0.4) is 0 Å². The van der Waals surface area contributed by atoms with Gasteiger partial charge in [0.1, 0.15) is 11.9 Å². The summed E-state index contributed by atoms with van der Waals surface area (Å²) in [5.41, 5.74) is 6.18. The van der Waals surface area contributed by atoms with Crippen LogP contribution in [0.4, 0.5) is 10.1 Å². The molecular formula is C25H26FN4+. The van der Waals surface area contributed by atoms with E-state index in [0.29, 0.717) is 0 Å². The summed E-state index contributed by atoms with van der Waals surface area (Å²) in [5, 5.41) is 1.30. The van der Waals surface area contributed by atoms with Gasteiger partial charge in [0.25, 0.3) is 0 Å². The highest BCUT2D eigenvalue weighted by atomic mass is 19.1. The van der Waals surface area contributed by atoms with Crippen molar-refractivity contribution in [3.8, 4) is 0 Å². The number of H-pyrrole nitrogens is 1. The van der Waals surface area contributed by atoms with Crippen LogP contribution in [0.2, 0.25) is 0 Å². The van der Waals surface area contributed by atoms with Crippen molar-refractivity contribution in [2.24, 2.45) is 0 Å². The highest BCUT2D eigenvalue weighted by Gasteiger charge is 2.33. The third kappa shape index (κ3) is 3.46. The summed E-state index contributed by atoms with van der Waals surface area (Å²) in [6.07, 6.45) is 3.78. The van der Waals surface area contributed by atoms with Gasteiger partial charge in [-0.2, -0.15) is 0 Å². The number of fused-ring (bicyclic) bond motifs is 1. The van der Waals surface area contributed by atoms with Crippen LogP contribution in [0.1, 0.15) is 22.9 Å². The molecule has 2 aromatic carbocycles. The molecule has 2 aromatic heterocycles. The van der Waals surface area contributed by atoms with Crippen LogP contribution in [0.15, 0.2) is 73.1 Å². The minimum Gasteiger partial charge on any atom is -0.360 e. The number of quaternary nitrogens is 1. The third-order valence-electron chi connectivity index (χ3n) is 6.28. The SMILES string of the molecule is Cc1[nH]c2ccccc2c1[C@@H](c1ccncc1)[NH+]1CCN(c2ccc(F)cc2)CC1. The average Bonchev–Trinajstić information content (AvgIpc) is 3.12. The first-order valence-electron chi connectivity index (χ1n) is 10.5. The lowest BCUT2D eigenvalue weighted by atomic mass is 9.94. The molecule has 0 spiro atoms. The highest BCUT2D eigenvalue weighted by molar-refractivity contribution is 5.85. The third-order valence-corrected chi connectivity index (χ3v) is 6.28. The van der Waals surface area contributed by atoms with E-state index in [4.69, 9.17) is 0 Å². The van der Waals surface area contributed by atoms with Gasteiger partial charge in [0.2, 0.25) is 0 Å². The number of halogens is 1. The number of aromatic amines is 1. The molecule has 0 unspecified atom stereocenters. The molecule has 1 aliphatic rings. The standard InChI is InChI=1S/C25H25FN4/c1-18-24(22-4-2-3-5-23(22)28-18)25(19-10-12-27-13-11-19)30-16-14-29(15-17-30)21-8-6-20(26)7-9-21/h2-13,25,28H,14-17H2,1H3/p+1/t25-/m1/s1. The molecule has 30 heavy (non-hydrogen) atoms. The first kappa shape index (κ1) is 18.8. The van der Waals surface area contributed by atoms with E-state index in [0.717, 1.165) is 31.9 Å². The molecule has 1 saturated heterocycles. The van der Waals surface area contributed by atoms with Crippen molar-refractivity contribution in [1.29, 1.82) is 0 Å². The fourth-order valence-electron chi connectivity index (χ4n) is 4.83. The van der Waals surface area contributed by atoms with Gasteiger partial charge in [0, 0.05) is 45.8 Å². The zero-order valence-corrected chi connectivity index (χ0v) is 17.1. The molecule has 5 rings (SSSR count). The van der Waals surface area contributed by atoms with Crippen LogP contribution >= 0.6 is 0 Å². The number of anilines is 1. The minimum atomic E-state index is -0.185. The molecule has 0 amide bonds. The fourth-order valence-corrected chi connectivity index (χ4v) is 4.83. The second-order valence-electron chi connectivity index (χ2n) is 8.04. The number of para-hydroxylation sites is 1. The van der Waals surface area contributed by atoms with E-state index >= 15 is 0 Å². The summed E-state index contributed by atoms with van der Waals surface area (Å²) in [6.45, 7) is 6.11. The van der Waals surface area contributed by atoms with Crippen molar-refractivity contribution < 1.29 is 9.29 Å². The maximum Gasteiger partial charge on any atom is 0.141 e. The predicted molar refractivity (Wildman–Crippen MR) is 118 cm³/mol. The van der Waals surface area contributed by atoms with E-state index in [9.17, 15) is 4.39 Å². The second kappa shape index (κ2) is 7.92. The van der Waals surface area contributed by atoms with Crippen LogP contribution in [0.25, 0.3) is 10.9 Å². The lowest BCUT2D eigenvalue weighted by Crippen LogP contribution is -3.15. The van der Waals surface area contributed by atoms with E-state index in [1.165, 1.54) is 27.7 Å². The summed E-state index contributed by atoms with van der Waals surface area (Å²) >= 11 is 0. The van der Waals surface area contributed by atoms with Gasteiger partial charge in [-0.1, -0.05) is 18.2 Å². The molecule has 0 bridgehead atoms. The molecule has 1 fully saturated rings. The molecule has 2 N–H and O–H groups in total. The normalized spacial score (nSPS) is 16.1. The number of hydrogen-bond acceptors (Lipinski definition) is 2. The molecule has 5 heteroatoms. The monoisotopic (exact) mass is 401 g/mol. The summed E-state index contributed by atoms with van der Waals surface area (Å²) in [7, 11) is 0. The minimum absolute atomic E-state index is 0.185. The van der Waals surface area contributed by atoms with Gasteiger partial charge in [0.05, 0.1) is 26.2 Å². The zero-order valence-electron chi connectivity index (χ0n) is 17.1. The summed E-state index contributed by atoms with van der Waals surface area (Å²) in [4.78, 5) is 11.7. The van der Waals surface area contributed by atoms with Crippen LogP contribution in [0, 0.1) is 12.7 Å². The van der Waals surface area contributed by atoms with Crippen molar-refractivity contribution in [2.75, 3.05) is 31.1 Å². The first-order valence-corrected chi connectivity index (χ1v) is 10.5. The largest absolute Gasteiger partial charge is 0.360 e. The van der Waals surface area contributed by atoms with Gasteiger partial charge in [-0.05, 0) is 49.4 Å². The summed E-state index contributed by atoms with van der Waals surface area (Å²) in [6, 6.07) is 20.0. The molecule has 1 atom stereocenters. The quantitative estimate of drug-likeness (QED) is 0.549. The number of nitrogens with one attached hydrogen (secondary N) is 2. The van der Waals surface area contributed by atoms with E-state index in [2.05, 4.69) is 58.2 Å². The number of benzene rings is 2. The number of nitrogens with zero attached hydrogens (tertiary/aromatic N) is 2.